The van der Waals surface area contributed by atoms with Gasteiger partial charge in [0.25, 0.3) is 0 Å². The minimum Gasteiger partial charge on any atom is -0.357 e. The summed E-state index contributed by atoms with van der Waals surface area (Å²) < 4.78 is 0. The summed E-state index contributed by atoms with van der Waals surface area (Å²) in [5.41, 5.74) is 1.11. The van der Waals surface area contributed by atoms with Crippen LogP contribution in [0.15, 0.2) is 23.2 Å². The molecule has 1 aliphatic heterocycles. The molecule has 1 unspecified atom stereocenters. The molecule has 1 aromatic rings. The third kappa shape index (κ3) is 7.93. The highest BCUT2D eigenvalue weighted by Gasteiger charge is 2.19. The van der Waals surface area contributed by atoms with Crippen LogP contribution in [0.2, 0.25) is 10.0 Å². The van der Waals surface area contributed by atoms with Gasteiger partial charge in [-0.15, -0.1) is 24.0 Å². The number of benzene rings is 1. The molecule has 1 fully saturated rings. The van der Waals surface area contributed by atoms with E-state index in [0.717, 1.165) is 57.3 Å². The molecule has 0 bridgehead atoms. The molecule has 0 spiro atoms. The Kier molecular flexibility index (Phi) is 11.3. The zero-order chi connectivity index (χ0) is 19.1. The molecule has 1 N–H and O–H groups in total. The molecule has 2 rings (SSSR count). The predicted octanol–water partition coefficient (Wildman–Crippen LogP) is 3.64. The molecular weight excluding hydrogens is 496 g/mol. The molecule has 5 nitrogen and oxygen atoms in total. The van der Waals surface area contributed by atoms with Crippen LogP contribution in [0.1, 0.15) is 19.4 Å². The highest BCUT2D eigenvalue weighted by atomic mass is 127. The Morgan fingerprint density at radius 1 is 1.22 bits per heavy atom. The average molecular weight is 528 g/mol. The van der Waals surface area contributed by atoms with Gasteiger partial charge in [-0.25, -0.2) is 0 Å². The SMILES string of the molecule is CCNC(=NCC(C)N1CCN(C)CC1)N(C)Cc1ccc(Cl)c(Cl)c1.I. The Morgan fingerprint density at radius 3 is 2.48 bits per heavy atom. The van der Waals surface area contributed by atoms with Gasteiger partial charge in [0.15, 0.2) is 5.96 Å². The Bertz CT molecular complexity index is 606. The van der Waals surface area contributed by atoms with E-state index in [4.69, 9.17) is 28.2 Å². The van der Waals surface area contributed by atoms with Crippen LogP contribution in [-0.4, -0.2) is 80.1 Å². The molecule has 154 valence electrons. The summed E-state index contributed by atoms with van der Waals surface area (Å²) in [4.78, 5) is 11.9. The highest BCUT2D eigenvalue weighted by molar-refractivity contribution is 14.0. The van der Waals surface area contributed by atoms with Crippen molar-refractivity contribution in [3.05, 3.63) is 33.8 Å². The second-order valence-electron chi connectivity index (χ2n) is 6.99. The quantitative estimate of drug-likeness (QED) is 0.348. The summed E-state index contributed by atoms with van der Waals surface area (Å²) in [6, 6.07) is 6.19. The van der Waals surface area contributed by atoms with Crippen molar-refractivity contribution in [3.8, 4) is 0 Å². The van der Waals surface area contributed by atoms with Gasteiger partial charge in [0.1, 0.15) is 0 Å². The van der Waals surface area contributed by atoms with Crippen molar-refractivity contribution in [1.82, 2.24) is 20.0 Å². The maximum atomic E-state index is 6.13. The fraction of sp³-hybridized carbons (Fsp3) is 0.632. The van der Waals surface area contributed by atoms with Crippen molar-refractivity contribution in [2.75, 3.05) is 53.4 Å². The highest BCUT2D eigenvalue weighted by Crippen LogP contribution is 2.23. The number of piperazine rings is 1. The normalized spacial score (nSPS) is 17.3. The largest absolute Gasteiger partial charge is 0.357 e. The van der Waals surface area contributed by atoms with Crippen molar-refractivity contribution in [2.45, 2.75) is 26.4 Å². The molecule has 0 aromatic heterocycles. The van der Waals surface area contributed by atoms with Gasteiger partial charge >= 0.3 is 0 Å². The van der Waals surface area contributed by atoms with E-state index in [-0.39, 0.29) is 24.0 Å². The number of rotatable bonds is 6. The minimum atomic E-state index is 0. The lowest BCUT2D eigenvalue weighted by Crippen LogP contribution is -2.49. The smallest absolute Gasteiger partial charge is 0.194 e. The van der Waals surface area contributed by atoms with Crippen LogP contribution < -0.4 is 5.32 Å². The molecule has 8 heteroatoms. The van der Waals surface area contributed by atoms with Crippen LogP contribution in [0.25, 0.3) is 0 Å². The molecule has 0 amide bonds. The fourth-order valence-corrected chi connectivity index (χ4v) is 3.37. The standard InChI is InChI=1S/C19H31Cl2N5.HI/c1-5-22-19(23-13-15(2)26-10-8-24(3)9-11-26)25(4)14-16-6-7-17(20)18(21)12-16;/h6-7,12,15H,5,8-11,13-14H2,1-4H3,(H,22,23);1H. The third-order valence-corrected chi connectivity index (χ3v) is 5.51. The number of nitrogens with one attached hydrogen (secondary N) is 1. The first-order valence-corrected chi connectivity index (χ1v) is 10.0. The van der Waals surface area contributed by atoms with Crippen LogP contribution in [0, 0.1) is 0 Å². The summed E-state index contributed by atoms with van der Waals surface area (Å²) in [5, 5.41) is 4.55. The second kappa shape index (κ2) is 12.3. The number of hydrogen-bond acceptors (Lipinski definition) is 3. The number of nitrogens with zero attached hydrogens (tertiary/aromatic N) is 4. The van der Waals surface area contributed by atoms with E-state index < -0.39 is 0 Å². The molecule has 1 heterocycles. The summed E-state index contributed by atoms with van der Waals surface area (Å²) in [6.07, 6.45) is 0. The lowest BCUT2D eigenvalue weighted by Gasteiger charge is -2.36. The van der Waals surface area contributed by atoms with Crippen molar-refractivity contribution >= 4 is 53.1 Å². The Labute approximate surface area is 191 Å². The van der Waals surface area contributed by atoms with Crippen LogP contribution in [0.4, 0.5) is 0 Å². The number of guanidine groups is 1. The molecule has 1 aliphatic rings. The van der Waals surface area contributed by atoms with Crippen LogP contribution in [0.3, 0.4) is 0 Å². The van der Waals surface area contributed by atoms with Gasteiger partial charge in [-0.3, -0.25) is 9.89 Å². The van der Waals surface area contributed by atoms with E-state index in [0.29, 0.717) is 16.1 Å². The molecule has 1 atom stereocenters. The first-order chi connectivity index (χ1) is 12.4. The molecule has 1 aromatic carbocycles. The zero-order valence-electron chi connectivity index (χ0n) is 16.7. The van der Waals surface area contributed by atoms with Gasteiger partial charge in [-0.05, 0) is 38.6 Å². The van der Waals surface area contributed by atoms with E-state index in [1.165, 1.54) is 0 Å². The molecule has 0 saturated carbocycles. The lowest BCUT2D eigenvalue weighted by atomic mass is 10.2. The number of hydrogen-bond donors (Lipinski definition) is 1. The predicted molar refractivity (Wildman–Crippen MR) is 128 cm³/mol. The van der Waals surface area contributed by atoms with Crippen LogP contribution in [-0.2, 0) is 6.54 Å². The summed E-state index contributed by atoms with van der Waals surface area (Å²) in [6.45, 7) is 11.2. The Morgan fingerprint density at radius 2 is 1.89 bits per heavy atom. The van der Waals surface area contributed by atoms with E-state index in [1.807, 2.05) is 25.2 Å². The zero-order valence-corrected chi connectivity index (χ0v) is 20.6. The molecular formula is C19H32Cl2IN5. The van der Waals surface area contributed by atoms with E-state index in [1.54, 1.807) is 0 Å². The maximum Gasteiger partial charge on any atom is 0.194 e. The first-order valence-electron chi connectivity index (χ1n) is 9.26. The van der Waals surface area contributed by atoms with Crippen molar-refractivity contribution < 1.29 is 0 Å². The van der Waals surface area contributed by atoms with Gasteiger partial charge < -0.3 is 15.1 Å². The molecule has 0 aliphatic carbocycles. The van der Waals surface area contributed by atoms with E-state index in [9.17, 15) is 0 Å². The lowest BCUT2D eigenvalue weighted by molar-refractivity contribution is 0.122. The average Bonchev–Trinajstić information content (AvgIpc) is 2.62. The number of likely N-dealkylation sites (N-methyl/N-ethyl adjacent to an activating group) is 1. The Balaban J connectivity index is 0.00000364. The van der Waals surface area contributed by atoms with Gasteiger partial charge in [-0.1, -0.05) is 29.3 Å². The van der Waals surface area contributed by atoms with Crippen molar-refractivity contribution in [3.63, 3.8) is 0 Å². The number of aliphatic imine (C=N–C) groups is 1. The van der Waals surface area contributed by atoms with Gasteiger partial charge in [-0.2, -0.15) is 0 Å². The van der Waals surface area contributed by atoms with E-state index >= 15 is 0 Å². The summed E-state index contributed by atoms with van der Waals surface area (Å²) in [5.74, 6) is 0.916. The monoisotopic (exact) mass is 527 g/mol. The second-order valence-corrected chi connectivity index (χ2v) is 7.80. The van der Waals surface area contributed by atoms with Crippen LogP contribution >= 0.6 is 47.2 Å². The third-order valence-electron chi connectivity index (χ3n) is 4.77. The van der Waals surface area contributed by atoms with Gasteiger partial charge in [0, 0.05) is 52.4 Å². The van der Waals surface area contributed by atoms with Crippen LogP contribution in [0.5, 0.6) is 0 Å². The molecule has 0 radical (unpaired) electrons. The van der Waals surface area contributed by atoms with E-state index in [2.05, 4.69) is 40.9 Å². The van der Waals surface area contributed by atoms with Crippen molar-refractivity contribution in [2.24, 2.45) is 4.99 Å². The first kappa shape index (κ1) is 24.8. The topological polar surface area (TPSA) is 34.1 Å². The summed E-state index contributed by atoms with van der Waals surface area (Å²) in [7, 11) is 4.23. The van der Waals surface area contributed by atoms with Gasteiger partial charge in [0.2, 0.25) is 0 Å². The summed E-state index contributed by atoms with van der Waals surface area (Å²) >= 11 is 12.1. The molecule has 27 heavy (non-hydrogen) atoms. The number of halogens is 3. The van der Waals surface area contributed by atoms with Crippen molar-refractivity contribution in [1.29, 1.82) is 0 Å². The maximum absolute atomic E-state index is 6.13. The fourth-order valence-electron chi connectivity index (χ4n) is 3.05. The minimum absolute atomic E-state index is 0. The Hall–Kier alpha value is -0.280. The molecule has 1 saturated heterocycles. The van der Waals surface area contributed by atoms with Gasteiger partial charge in [0.05, 0.1) is 16.6 Å².